The number of hydrogen-bond acceptors (Lipinski definition) is 4. The van der Waals surface area contributed by atoms with Gasteiger partial charge in [0.1, 0.15) is 17.9 Å². The van der Waals surface area contributed by atoms with E-state index in [4.69, 9.17) is 4.74 Å². The number of nitrogens with one attached hydrogen (secondary N) is 2. The highest BCUT2D eigenvalue weighted by Crippen LogP contribution is 2.16. The van der Waals surface area contributed by atoms with Crippen molar-refractivity contribution in [3.05, 3.63) is 42.0 Å². The van der Waals surface area contributed by atoms with E-state index in [1.54, 1.807) is 6.33 Å². The van der Waals surface area contributed by atoms with Crippen molar-refractivity contribution < 1.29 is 4.74 Å². The zero-order valence-corrected chi connectivity index (χ0v) is 15.6. The van der Waals surface area contributed by atoms with E-state index in [1.165, 1.54) is 0 Å². The summed E-state index contributed by atoms with van der Waals surface area (Å²) in [5, 5.41) is 11.1. The summed E-state index contributed by atoms with van der Waals surface area (Å²) in [6.45, 7) is 7.20. The van der Waals surface area contributed by atoms with Crippen molar-refractivity contribution in [2.45, 2.75) is 45.7 Å². The van der Waals surface area contributed by atoms with Gasteiger partial charge < -0.3 is 15.4 Å². The smallest absolute Gasteiger partial charge is 0.191 e. The van der Waals surface area contributed by atoms with Crippen molar-refractivity contribution in [3.63, 3.8) is 0 Å². The summed E-state index contributed by atoms with van der Waals surface area (Å²) in [4.78, 5) is 8.95. The van der Waals surface area contributed by atoms with Gasteiger partial charge in [-0.25, -0.2) is 9.67 Å². The van der Waals surface area contributed by atoms with Crippen LogP contribution >= 0.6 is 0 Å². The number of nitrogens with zero attached hydrogens (tertiary/aromatic N) is 4. The third kappa shape index (κ3) is 4.97. The maximum absolute atomic E-state index is 5.83. The first-order valence-electron chi connectivity index (χ1n) is 9.36. The predicted octanol–water partition coefficient (Wildman–Crippen LogP) is 1.93. The number of para-hydroxylation sites is 1. The van der Waals surface area contributed by atoms with Gasteiger partial charge in [-0.15, -0.1) is 0 Å². The van der Waals surface area contributed by atoms with E-state index in [0.29, 0.717) is 12.6 Å². The van der Waals surface area contributed by atoms with E-state index in [2.05, 4.69) is 45.6 Å². The number of guanidine groups is 1. The van der Waals surface area contributed by atoms with Crippen LogP contribution in [-0.4, -0.2) is 46.5 Å². The second-order valence-corrected chi connectivity index (χ2v) is 6.47. The first-order valence-corrected chi connectivity index (χ1v) is 9.36. The summed E-state index contributed by atoms with van der Waals surface area (Å²) in [5.41, 5.74) is 1.16. The molecular weight excluding hydrogens is 328 g/mol. The number of fused-ring (bicyclic) bond motifs is 1. The van der Waals surface area contributed by atoms with Crippen LogP contribution < -0.4 is 15.4 Å². The molecule has 140 valence electrons. The Hall–Kier alpha value is -2.57. The highest BCUT2D eigenvalue weighted by Gasteiger charge is 2.20. The Morgan fingerprint density at radius 2 is 2.27 bits per heavy atom. The fraction of sp³-hybridized carbons (Fsp3) is 0.526. The lowest BCUT2D eigenvalue weighted by molar-refractivity contribution is 0.311. The number of hydrogen-bond donors (Lipinski definition) is 2. The lowest BCUT2D eigenvalue weighted by atomic mass is 10.1. The molecule has 0 spiro atoms. The monoisotopic (exact) mass is 356 g/mol. The summed E-state index contributed by atoms with van der Waals surface area (Å²) < 4.78 is 7.80. The number of rotatable bonds is 7. The molecule has 7 heteroatoms. The Bertz CT molecular complexity index is 726. The Kier molecular flexibility index (Phi) is 6.46. The second-order valence-electron chi connectivity index (χ2n) is 6.47. The van der Waals surface area contributed by atoms with Crippen LogP contribution in [-0.2, 0) is 13.0 Å². The molecule has 0 amide bonds. The van der Waals surface area contributed by atoms with Crippen LogP contribution in [0.2, 0.25) is 0 Å². The van der Waals surface area contributed by atoms with Crippen molar-refractivity contribution in [1.82, 2.24) is 25.4 Å². The Morgan fingerprint density at radius 3 is 3.12 bits per heavy atom. The van der Waals surface area contributed by atoms with Gasteiger partial charge in [0.05, 0.1) is 13.2 Å². The molecular formula is C19H28N6O. The average Bonchev–Trinajstić information content (AvgIpc) is 3.11. The SMILES string of the molecule is CCNC(=NCCCOc1ccccc1C)NC1CCc2ncnn2C1. The first kappa shape index (κ1) is 18.2. The van der Waals surface area contributed by atoms with E-state index in [9.17, 15) is 0 Å². The van der Waals surface area contributed by atoms with Gasteiger partial charge in [-0.3, -0.25) is 4.99 Å². The fourth-order valence-electron chi connectivity index (χ4n) is 3.02. The van der Waals surface area contributed by atoms with Crippen LogP contribution in [0.1, 0.15) is 31.2 Å². The topological polar surface area (TPSA) is 76.4 Å². The molecule has 2 N–H and O–H groups in total. The lowest BCUT2D eigenvalue weighted by Gasteiger charge is -2.25. The number of aromatic nitrogens is 3. The maximum atomic E-state index is 5.83. The molecule has 1 aliphatic heterocycles. The number of benzene rings is 1. The van der Waals surface area contributed by atoms with Crippen molar-refractivity contribution in [1.29, 1.82) is 0 Å². The molecule has 26 heavy (non-hydrogen) atoms. The number of aryl methyl sites for hydroxylation is 2. The van der Waals surface area contributed by atoms with E-state index in [0.717, 1.165) is 62.0 Å². The quantitative estimate of drug-likeness (QED) is 0.450. The highest BCUT2D eigenvalue weighted by molar-refractivity contribution is 5.80. The second kappa shape index (κ2) is 9.22. The van der Waals surface area contributed by atoms with E-state index in [1.807, 2.05) is 22.9 Å². The molecule has 2 heterocycles. The van der Waals surface area contributed by atoms with Crippen LogP contribution in [0.5, 0.6) is 5.75 Å². The average molecular weight is 356 g/mol. The molecule has 1 unspecified atom stereocenters. The molecule has 3 rings (SSSR count). The number of aliphatic imine (C=N–C) groups is 1. The lowest BCUT2D eigenvalue weighted by Crippen LogP contribution is -2.47. The van der Waals surface area contributed by atoms with Crippen LogP contribution in [0.4, 0.5) is 0 Å². The molecule has 7 nitrogen and oxygen atoms in total. The molecule has 0 radical (unpaired) electrons. The van der Waals surface area contributed by atoms with Gasteiger partial charge in [-0.1, -0.05) is 18.2 Å². The zero-order valence-electron chi connectivity index (χ0n) is 15.6. The van der Waals surface area contributed by atoms with Crippen molar-refractivity contribution in [2.24, 2.45) is 4.99 Å². The minimum absolute atomic E-state index is 0.324. The molecule has 1 aliphatic rings. The summed E-state index contributed by atoms with van der Waals surface area (Å²) >= 11 is 0. The summed E-state index contributed by atoms with van der Waals surface area (Å²) in [6.07, 6.45) is 4.50. The number of ether oxygens (including phenoxy) is 1. The fourth-order valence-corrected chi connectivity index (χ4v) is 3.02. The van der Waals surface area contributed by atoms with Crippen LogP contribution in [0.3, 0.4) is 0 Å². The Labute approximate surface area is 154 Å². The van der Waals surface area contributed by atoms with Gasteiger partial charge in [0.15, 0.2) is 5.96 Å². The Morgan fingerprint density at radius 1 is 1.38 bits per heavy atom. The summed E-state index contributed by atoms with van der Waals surface area (Å²) in [7, 11) is 0. The van der Waals surface area contributed by atoms with Crippen molar-refractivity contribution in [2.75, 3.05) is 19.7 Å². The minimum Gasteiger partial charge on any atom is -0.493 e. The minimum atomic E-state index is 0.324. The third-order valence-corrected chi connectivity index (χ3v) is 4.41. The predicted molar refractivity (Wildman–Crippen MR) is 103 cm³/mol. The van der Waals surface area contributed by atoms with Gasteiger partial charge in [-0.05, 0) is 31.9 Å². The molecule has 0 fully saturated rings. The molecule has 1 aromatic carbocycles. The van der Waals surface area contributed by atoms with E-state index in [-0.39, 0.29) is 0 Å². The van der Waals surface area contributed by atoms with Crippen LogP contribution in [0.25, 0.3) is 0 Å². The van der Waals surface area contributed by atoms with Crippen molar-refractivity contribution >= 4 is 5.96 Å². The normalized spacial score (nSPS) is 16.8. The maximum Gasteiger partial charge on any atom is 0.191 e. The van der Waals surface area contributed by atoms with E-state index < -0.39 is 0 Å². The largest absolute Gasteiger partial charge is 0.493 e. The van der Waals surface area contributed by atoms with Gasteiger partial charge in [-0.2, -0.15) is 5.10 Å². The van der Waals surface area contributed by atoms with Gasteiger partial charge in [0, 0.05) is 32.0 Å². The Balaban J connectivity index is 1.44. The van der Waals surface area contributed by atoms with Gasteiger partial charge in [0.2, 0.25) is 0 Å². The van der Waals surface area contributed by atoms with Crippen LogP contribution in [0, 0.1) is 6.92 Å². The van der Waals surface area contributed by atoms with Gasteiger partial charge in [0.25, 0.3) is 0 Å². The molecule has 0 saturated carbocycles. The van der Waals surface area contributed by atoms with Crippen molar-refractivity contribution in [3.8, 4) is 5.75 Å². The zero-order chi connectivity index (χ0) is 18.2. The van der Waals surface area contributed by atoms with Crippen LogP contribution in [0.15, 0.2) is 35.6 Å². The van der Waals surface area contributed by atoms with Gasteiger partial charge >= 0.3 is 0 Å². The molecule has 1 aromatic heterocycles. The summed E-state index contributed by atoms with van der Waals surface area (Å²) in [6, 6.07) is 8.41. The first-order chi connectivity index (χ1) is 12.8. The molecule has 2 aromatic rings. The standard InChI is InChI=1S/C19H28N6O/c1-3-20-19(24-16-9-10-18-22-14-23-25(18)13-16)21-11-6-12-26-17-8-5-4-7-15(17)2/h4-5,7-8,14,16H,3,6,9-13H2,1-2H3,(H2,20,21,24). The highest BCUT2D eigenvalue weighted by atomic mass is 16.5. The molecule has 0 aliphatic carbocycles. The third-order valence-electron chi connectivity index (χ3n) is 4.41. The molecule has 0 bridgehead atoms. The van der Waals surface area contributed by atoms with E-state index >= 15 is 0 Å². The molecule has 0 saturated heterocycles. The summed E-state index contributed by atoms with van der Waals surface area (Å²) in [5.74, 6) is 2.88. The molecule has 1 atom stereocenters.